The van der Waals surface area contributed by atoms with Crippen LogP contribution in [0.1, 0.15) is 6.92 Å². The topological polar surface area (TPSA) is 61.4 Å². The highest BCUT2D eigenvalue weighted by Gasteiger charge is 2.25. The molecule has 0 atom stereocenters. The maximum absolute atomic E-state index is 10.9. The summed E-state index contributed by atoms with van der Waals surface area (Å²) in [7, 11) is 0. The minimum atomic E-state index is -0.315. The van der Waals surface area contributed by atoms with Crippen molar-refractivity contribution in [2.45, 2.75) is 6.92 Å². The highest BCUT2D eigenvalue weighted by Crippen LogP contribution is 1.93. The van der Waals surface area contributed by atoms with E-state index in [9.17, 15) is 9.59 Å². The fourth-order valence-corrected chi connectivity index (χ4v) is 0.913. The van der Waals surface area contributed by atoms with E-state index < -0.39 is 0 Å². The summed E-state index contributed by atoms with van der Waals surface area (Å²) in [6.45, 7) is 1.47. The molecule has 1 aliphatic rings. The van der Waals surface area contributed by atoms with Crippen LogP contribution in [-0.4, -0.2) is 28.5 Å². The Morgan fingerprint density at radius 2 is 2.45 bits per heavy atom. The van der Waals surface area contributed by atoms with Crippen LogP contribution in [-0.2, 0) is 9.59 Å². The maximum Gasteiger partial charge on any atom is 0.267 e. The van der Waals surface area contributed by atoms with Gasteiger partial charge >= 0.3 is 0 Å². The molecule has 1 saturated heterocycles. The van der Waals surface area contributed by atoms with Crippen molar-refractivity contribution in [3.05, 3.63) is 0 Å². The molecule has 2 amide bonds. The lowest BCUT2D eigenvalue weighted by Crippen LogP contribution is -2.45. The molecule has 0 saturated carbocycles. The minimum Gasteiger partial charge on any atom is -0.352 e. The summed E-state index contributed by atoms with van der Waals surface area (Å²) in [6, 6.07) is 0. The van der Waals surface area contributed by atoms with Crippen molar-refractivity contribution in [1.82, 2.24) is 15.8 Å². The van der Waals surface area contributed by atoms with Crippen molar-refractivity contribution in [3.8, 4) is 0 Å². The molecule has 5 nitrogen and oxygen atoms in total. The van der Waals surface area contributed by atoms with E-state index in [0.29, 0.717) is 0 Å². The summed E-state index contributed by atoms with van der Waals surface area (Å²) in [6.07, 6.45) is 0. The molecule has 0 radical (unpaired) electrons. The molecule has 11 heavy (non-hydrogen) atoms. The van der Waals surface area contributed by atoms with Crippen LogP contribution in [0.25, 0.3) is 0 Å². The molecule has 1 heterocycles. The lowest BCUT2D eigenvalue weighted by atomic mass is 10.6. The van der Waals surface area contributed by atoms with Crippen molar-refractivity contribution in [2.24, 2.45) is 0 Å². The molecule has 0 unspecified atom stereocenters. The molecular formula is C5H7N3O2S. The Morgan fingerprint density at radius 3 is 2.82 bits per heavy atom. The molecule has 60 valence electrons. The van der Waals surface area contributed by atoms with Gasteiger partial charge < -0.3 is 5.32 Å². The number of nitrogens with one attached hydrogen (secondary N) is 2. The van der Waals surface area contributed by atoms with E-state index in [1.54, 1.807) is 0 Å². The Morgan fingerprint density at radius 1 is 1.82 bits per heavy atom. The Labute approximate surface area is 68.7 Å². The predicted octanol–water partition coefficient (Wildman–Crippen LogP) is -1.25. The summed E-state index contributed by atoms with van der Waals surface area (Å²) >= 11 is 4.72. The number of carbonyl (C=O) groups is 2. The van der Waals surface area contributed by atoms with Crippen LogP contribution < -0.4 is 10.7 Å². The van der Waals surface area contributed by atoms with Gasteiger partial charge in [0, 0.05) is 6.92 Å². The van der Waals surface area contributed by atoms with Crippen LogP contribution in [0.3, 0.4) is 0 Å². The summed E-state index contributed by atoms with van der Waals surface area (Å²) in [5.74, 6) is -0.561. The average molecular weight is 173 g/mol. The van der Waals surface area contributed by atoms with E-state index in [1.165, 1.54) is 6.92 Å². The molecular weight excluding hydrogens is 166 g/mol. The van der Waals surface area contributed by atoms with Gasteiger partial charge in [-0.25, -0.2) is 0 Å². The first-order valence-corrected chi connectivity index (χ1v) is 3.40. The Hall–Kier alpha value is -1.17. The Balaban J connectivity index is 2.62. The molecule has 2 N–H and O–H groups in total. The molecule has 1 fully saturated rings. The molecule has 0 aromatic rings. The number of nitrogens with zero attached hydrogens (tertiary/aromatic N) is 1. The van der Waals surface area contributed by atoms with E-state index in [1.807, 2.05) is 0 Å². The van der Waals surface area contributed by atoms with Crippen molar-refractivity contribution < 1.29 is 9.59 Å². The van der Waals surface area contributed by atoms with E-state index in [-0.39, 0.29) is 23.5 Å². The normalized spacial score (nSPS) is 16.6. The van der Waals surface area contributed by atoms with Gasteiger partial charge in [-0.1, -0.05) is 0 Å². The van der Waals surface area contributed by atoms with Gasteiger partial charge in [0.25, 0.3) is 5.91 Å². The maximum atomic E-state index is 10.9. The number of hydrogen-bond acceptors (Lipinski definition) is 3. The van der Waals surface area contributed by atoms with E-state index in [0.717, 1.165) is 5.01 Å². The smallest absolute Gasteiger partial charge is 0.267 e. The van der Waals surface area contributed by atoms with Crippen LogP contribution in [0.5, 0.6) is 0 Å². The molecule has 0 aliphatic carbocycles. The van der Waals surface area contributed by atoms with Gasteiger partial charge in [-0.05, 0) is 12.2 Å². The van der Waals surface area contributed by atoms with Crippen molar-refractivity contribution in [1.29, 1.82) is 0 Å². The second kappa shape index (κ2) is 2.83. The van der Waals surface area contributed by atoms with E-state index in [4.69, 9.17) is 12.2 Å². The first-order chi connectivity index (χ1) is 5.11. The van der Waals surface area contributed by atoms with Gasteiger partial charge in [0.2, 0.25) is 5.91 Å². The second-order valence-electron chi connectivity index (χ2n) is 2.06. The number of amides is 2. The van der Waals surface area contributed by atoms with E-state index in [2.05, 4.69) is 10.7 Å². The zero-order chi connectivity index (χ0) is 8.43. The molecule has 0 aromatic heterocycles. The SMILES string of the molecule is CC(=O)NN1C(=O)CNC1=S. The Kier molecular flexibility index (Phi) is 2.04. The second-order valence-corrected chi connectivity index (χ2v) is 2.44. The highest BCUT2D eigenvalue weighted by molar-refractivity contribution is 7.80. The third-order valence-corrected chi connectivity index (χ3v) is 1.44. The first kappa shape index (κ1) is 7.93. The summed E-state index contributed by atoms with van der Waals surface area (Å²) in [5.41, 5.74) is 2.28. The fourth-order valence-electron chi connectivity index (χ4n) is 0.693. The summed E-state index contributed by atoms with van der Waals surface area (Å²) < 4.78 is 0. The van der Waals surface area contributed by atoms with Gasteiger partial charge in [0.1, 0.15) is 0 Å². The largest absolute Gasteiger partial charge is 0.352 e. The third kappa shape index (κ3) is 1.64. The number of thiocarbonyl (C=S) groups is 1. The van der Waals surface area contributed by atoms with Crippen LogP contribution in [0, 0.1) is 0 Å². The summed E-state index contributed by atoms with van der Waals surface area (Å²) in [5, 5.41) is 3.88. The zero-order valence-electron chi connectivity index (χ0n) is 5.88. The van der Waals surface area contributed by atoms with Gasteiger partial charge in [-0.2, -0.15) is 5.01 Å². The molecule has 0 spiro atoms. The molecule has 0 bridgehead atoms. The zero-order valence-corrected chi connectivity index (χ0v) is 6.70. The number of hydrogen-bond donors (Lipinski definition) is 2. The van der Waals surface area contributed by atoms with Crippen LogP contribution >= 0.6 is 12.2 Å². The highest BCUT2D eigenvalue weighted by atomic mass is 32.1. The third-order valence-electron chi connectivity index (χ3n) is 1.11. The first-order valence-electron chi connectivity index (χ1n) is 2.99. The minimum absolute atomic E-state index is 0.152. The predicted molar refractivity (Wildman–Crippen MR) is 41.3 cm³/mol. The van der Waals surface area contributed by atoms with Crippen LogP contribution in [0.4, 0.5) is 0 Å². The summed E-state index contributed by atoms with van der Waals surface area (Å²) in [4.78, 5) is 21.4. The van der Waals surface area contributed by atoms with Gasteiger partial charge in [-0.3, -0.25) is 15.0 Å². The van der Waals surface area contributed by atoms with Gasteiger partial charge in [-0.15, -0.1) is 0 Å². The number of hydrazine groups is 1. The molecule has 1 aliphatic heterocycles. The fraction of sp³-hybridized carbons (Fsp3) is 0.400. The molecule has 0 aromatic carbocycles. The average Bonchev–Trinajstić information content (AvgIpc) is 2.18. The van der Waals surface area contributed by atoms with Crippen molar-refractivity contribution in [2.75, 3.05) is 6.54 Å². The number of rotatable bonds is 1. The van der Waals surface area contributed by atoms with Crippen molar-refractivity contribution in [3.63, 3.8) is 0 Å². The molecule has 1 rings (SSSR count). The molecule has 6 heteroatoms. The quantitative estimate of drug-likeness (QED) is 0.487. The monoisotopic (exact) mass is 173 g/mol. The van der Waals surface area contributed by atoms with Crippen LogP contribution in [0.15, 0.2) is 0 Å². The standard InChI is InChI=1S/C5H7N3O2S/c1-3(9)7-8-4(10)2-6-5(8)11/h2H2,1H3,(H,6,11)(H,7,9). The van der Waals surface area contributed by atoms with Gasteiger partial charge in [0.15, 0.2) is 5.11 Å². The lowest BCUT2D eigenvalue weighted by Gasteiger charge is -2.13. The van der Waals surface area contributed by atoms with Gasteiger partial charge in [0.05, 0.1) is 6.54 Å². The lowest BCUT2D eigenvalue weighted by molar-refractivity contribution is -0.133. The van der Waals surface area contributed by atoms with Crippen LogP contribution in [0.2, 0.25) is 0 Å². The van der Waals surface area contributed by atoms with Crippen molar-refractivity contribution >= 4 is 29.1 Å². The number of carbonyl (C=O) groups excluding carboxylic acids is 2. The Bertz CT molecular complexity index is 212. The van der Waals surface area contributed by atoms with E-state index >= 15 is 0 Å².